The van der Waals surface area contributed by atoms with Crippen LogP contribution in [0.15, 0.2) is 71.9 Å². The summed E-state index contributed by atoms with van der Waals surface area (Å²) in [6, 6.07) is 0. The number of carbonyl (C=O) groups excluding carboxylic acids is 1. The van der Waals surface area contributed by atoms with Gasteiger partial charge in [-0.15, -0.1) is 0 Å². The van der Waals surface area contributed by atoms with Crippen molar-refractivity contribution in [2.24, 2.45) is 23.7 Å². The second-order valence-electron chi connectivity index (χ2n) is 20.3. The van der Waals surface area contributed by atoms with Gasteiger partial charge in [0.25, 0.3) is 0 Å². The van der Waals surface area contributed by atoms with Crippen molar-refractivity contribution in [3.63, 3.8) is 0 Å². The summed E-state index contributed by atoms with van der Waals surface area (Å²) < 4.78 is 39.8. The molecule has 0 spiro atoms. The lowest BCUT2D eigenvalue weighted by molar-refractivity contribution is -0.373. The van der Waals surface area contributed by atoms with Crippen molar-refractivity contribution in [1.82, 2.24) is 0 Å². The fourth-order valence-corrected chi connectivity index (χ4v) is 9.09. The minimum atomic E-state index is -1.91. The lowest BCUT2D eigenvalue weighted by Gasteiger charge is -2.47. The number of aliphatic hydroxyl groups is 14. The Morgan fingerprint density at radius 1 is 0.726 bits per heavy atom. The predicted molar refractivity (Wildman–Crippen MR) is 258 cm³/mol. The van der Waals surface area contributed by atoms with Crippen LogP contribution in [0.3, 0.4) is 0 Å². The topological polar surface area (TPSA) is 365 Å². The Morgan fingerprint density at radius 2 is 1.32 bits per heavy atom. The molecule has 1 aliphatic carbocycles. The maximum absolute atomic E-state index is 13.4. The van der Waals surface area contributed by atoms with E-state index in [1.54, 1.807) is 32.9 Å². The number of carbonyl (C=O) groups is 1. The van der Waals surface area contributed by atoms with E-state index in [4.69, 9.17) is 33.2 Å². The molecule has 0 unspecified atom stereocenters. The van der Waals surface area contributed by atoms with E-state index in [9.17, 15) is 76.3 Å². The van der Waals surface area contributed by atoms with Gasteiger partial charge in [-0.1, -0.05) is 88.0 Å². The average molecular weight is 1050 g/mol. The van der Waals surface area contributed by atoms with E-state index in [1.165, 1.54) is 25.3 Å². The molecule has 3 aliphatic heterocycles. The van der Waals surface area contributed by atoms with Crippen molar-refractivity contribution in [3.8, 4) is 0 Å². The van der Waals surface area contributed by atoms with E-state index in [0.717, 1.165) is 5.57 Å². The van der Waals surface area contributed by atoms with Crippen LogP contribution in [-0.4, -0.2) is 232 Å². The molecule has 14 N–H and O–H groups in total. The first kappa shape index (κ1) is 62.8. The van der Waals surface area contributed by atoms with E-state index in [1.807, 2.05) is 58.1 Å². The Morgan fingerprint density at radius 3 is 1.90 bits per heavy atom. The summed E-state index contributed by atoms with van der Waals surface area (Å²) in [5.74, 6) is -1.20. The van der Waals surface area contributed by atoms with E-state index < -0.39 is 160 Å². The first-order chi connectivity index (χ1) is 34.3. The van der Waals surface area contributed by atoms with Crippen LogP contribution < -0.4 is 0 Å². The number of methoxy groups -OCH3 is 1. The minimum absolute atomic E-state index is 0.0932. The Kier molecular flexibility index (Phi) is 24.6. The molecule has 22 nitrogen and oxygen atoms in total. The zero-order valence-electron chi connectivity index (χ0n) is 42.7. The number of Topliss-reactive ketones (excluding diaryl/α,β-unsaturated/α-hetero) is 1. The number of ether oxygens (including phenoxy) is 7. The Balaban J connectivity index is 1.39. The van der Waals surface area contributed by atoms with Crippen LogP contribution in [0.4, 0.5) is 0 Å². The third-order valence-electron chi connectivity index (χ3n) is 13.6. The second kappa shape index (κ2) is 28.6. The second-order valence-corrected chi connectivity index (χ2v) is 20.3. The van der Waals surface area contributed by atoms with Gasteiger partial charge in [-0.25, -0.2) is 0 Å². The Labute approximate surface area is 426 Å². The van der Waals surface area contributed by atoms with Crippen LogP contribution in [0.25, 0.3) is 0 Å². The van der Waals surface area contributed by atoms with Crippen LogP contribution in [0.1, 0.15) is 61.3 Å². The molecule has 22 heteroatoms. The highest BCUT2D eigenvalue weighted by Gasteiger charge is 2.53. The van der Waals surface area contributed by atoms with E-state index >= 15 is 0 Å². The first-order valence-corrected chi connectivity index (χ1v) is 24.7. The van der Waals surface area contributed by atoms with Gasteiger partial charge in [0.15, 0.2) is 24.7 Å². The van der Waals surface area contributed by atoms with Crippen LogP contribution in [0.2, 0.25) is 0 Å². The van der Waals surface area contributed by atoms with E-state index in [-0.39, 0.29) is 30.5 Å². The Hall–Kier alpha value is -2.73. The molecule has 0 saturated carbocycles. The van der Waals surface area contributed by atoms with Crippen molar-refractivity contribution in [3.05, 3.63) is 71.9 Å². The van der Waals surface area contributed by atoms with Crippen molar-refractivity contribution in [2.75, 3.05) is 26.9 Å². The third-order valence-corrected chi connectivity index (χ3v) is 13.6. The fraction of sp³-hybridized carbons (Fsp3) is 0.745. The summed E-state index contributed by atoms with van der Waals surface area (Å²) >= 11 is 0. The molecule has 0 radical (unpaired) electrons. The zero-order chi connectivity index (χ0) is 54.6. The van der Waals surface area contributed by atoms with Gasteiger partial charge < -0.3 is 105 Å². The van der Waals surface area contributed by atoms with E-state index in [0.29, 0.717) is 5.57 Å². The van der Waals surface area contributed by atoms with Crippen molar-refractivity contribution in [1.29, 1.82) is 0 Å². The smallest absolute Gasteiger partial charge is 0.187 e. The standard InChI is InChI=1S/C51H82O22/c1-24(2)17-18-31(67-8)38(58)37(57)29(54)16-10-15-28-20-30(55)35(27(5)36(28)56)26(4)14-9-12-25(3)13-11-19-51(6,7)73-50-46(66)47(72-49-45(65)43(63)40(60)33(22-53)70-49)41(61)34(71-50)23-68-48-44(64)42(62)39(59)32(21-52)69-48/h9-14,16-18,20,24,26-27,29-35,37-50,52-55,57-66H,15,19,21-23H2,1-8H3/b13-11+,14-9+,16-10+,18-17+,25-12+/t26-,27+,29+,30-,31+,32+,33+,34+,35+,37+,38+,39+,40+,41+,42-,43-,44+,45+,46+,47-,48+,49-,50-/m0/s1. The lowest BCUT2D eigenvalue weighted by Crippen LogP contribution is -2.65. The molecule has 0 bridgehead atoms. The minimum Gasteiger partial charge on any atom is -0.394 e. The van der Waals surface area contributed by atoms with Crippen molar-refractivity contribution in [2.45, 2.75) is 190 Å². The molecular formula is C51H82O22. The van der Waals surface area contributed by atoms with Gasteiger partial charge in [0.05, 0.1) is 31.5 Å². The molecule has 4 rings (SSSR count). The fourth-order valence-electron chi connectivity index (χ4n) is 9.09. The molecule has 3 fully saturated rings. The number of hydrogen-bond donors (Lipinski definition) is 14. The van der Waals surface area contributed by atoms with Gasteiger partial charge >= 0.3 is 0 Å². The van der Waals surface area contributed by atoms with Gasteiger partial charge in [0.1, 0.15) is 97.7 Å². The predicted octanol–water partition coefficient (Wildman–Crippen LogP) is -2.31. The molecule has 0 amide bonds. The highest BCUT2D eigenvalue weighted by atomic mass is 16.8. The van der Waals surface area contributed by atoms with Gasteiger partial charge in [0.2, 0.25) is 0 Å². The number of aliphatic hydroxyl groups excluding tert-OH is 14. The number of ketones is 1. The van der Waals surface area contributed by atoms with E-state index in [2.05, 4.69) is 0 Å². The van der Waals surface area contributed by atoms with Crippen LogP contribution in [-0.2, 0) is 38.0 Å². The summed E-state index contributed by atoms with van der Waals surface area (Å²) in [4.78, 5) is 13.4. The van der Waals surface area contributed by atoms with Gasteiger partial charge in [-0.05, 0) is 57.1 Å². The summed E-state index contributed by atoms with van der Waals surface area (Å²) in [7, 11) is 1.38. The molecule has 418 valence electrons. The summed E-state index contributed by atoms with van der Waals surface area (Å²) in [5, 5.41) is 147. The maximum Gasteiger partial charge on any atom is 0.187 e. The van der Waals surface area contributed by atoms with Gasteiger partial charge in [-0.3, -0.25) is 4.79 Å². The number of allylic oxidation sites excluding steroid dienone is 8. The molecule has 3 heterocycles. The summed E-state index contributed by atoms with van der Waals surface area (Å²) in [6.45, 7) is 10.6. The molecule has 0 aromatic rings. The number of rotatable bonds is 24. The molecular weight excluding hydrogens is 965 g/mol. The van der Waals surface area contributed by atoms with Crippen LogP contribution in [0, 0.1) is 23.7 Å². The highest BCUT2D eigenvalue weighted by molar-refractivity contribution is 5.98. The molecule has 4 aliphatic rings. The third kappa shape index (κ3) is 16.6. The number of hydrogen-bond acceptors (Lipinski definition) is 22. The SMILES string of the molecule is CO[C@H](/C=C/C(C)C)[C@@H](O)[C@H](O)[C@H](O)/C=C/CC1=C[C@H](O)[C@H]([C@@H](C)/C=C/C=C(C)/C=C/CC(C)(C)O[C@@H]2O[C@H](CO[C@@H]3O[C@H](CO)[C@@H](O)[C@H](O)[C@H]3O)[C@@H](O)[C@H](O[C@@H]3O[C@H](CO)[C@@H](O)[C@H](O)[C@H]3O)[C@H]2O)[C@@H](C)C1=O. The average Bonchev–Trinajstić information content (AvgIpc) is 3.34. The molecule has 73 heavy (non-hydrogen) atoms. The quantitative estimate of drug-likeness (QED) is 0.0357. The molecule has 0 aromatic carbocycles. The van der Waals surface area contributed by atoms with Crippen LogP contribution in [0.5, 0.6) is 0 Å². The monoisotopic (exact) mass is 1050 g/mol. The lowest BCUT2D eigenvalue weighted by atomic mass is 9.71. The van der Waals surface area contributed by atoms with Crippen LogP contribution >= 0.6 is 0 Å². The normalized spacial score (nSPS) is 38.4. The summed E-state index contributed by atoms with van der Waals surface area (Å²) in [5.41, 5.74) is 0.0639. The van der Waals surface area contributed by atoms with Crippen molar-refractivity contribution < 1.29 is 109 Å². The summed E-state index contributed by atoms with van der Waals surface area (Å²) in [6.07, 6.45) is -14.2. The Bertz CT molecular complexity index is 1880. The zero-order valence-corrected chi connectivity index (χ0v) is 42.7. The molecule has 3 saturated heterocycles. The molecule has 23 atom stereocenters. The van der Waals surface area contributed by atoms with Gasteiger partial charge in [0, 0.05) is 18.9 Å². The largest absolute Gasteiger partial charge is 0.394 e. The van der Waals surface area contributed by atoms with Crippen molar-refractivity contribution >= 4 is 5.78 Å². The first-order valence-electron chi connectivity index (χ1n) is 24.7. The molecule has 0 aromatic heterocycles. The van der Waals surface area contributed by atoms with Gasteiger partial charge in [-0.2, -0.15) is 0 Å². The maximum atomic E-state index is 13.4. The highest BCUT2D eigenvalue weighted by Crippen LogP contribution is 2.36.